The van der Waals surface area contributed by atoms with E-state index >= 15 is 0 Å². The van der Waals surface area contributed by atoms with E-state index in [2.05, 4.69) is 479 Å². The molecule has 0 atom stereocenters. The van der Waals surface area contributed by atoms with Crippen molar-refractivity contribution in [2.24, 2.45) is 0 Å². The zero-order chi connectivity index (χ0) is 84.7. The normalized spacial score (nSPS) is 13.0. The Morgan fingerprint density at radius 1 is 0.178 bits per heavy atom. The summed E-state index contributed by atoms with van der Waals surface area (Å²) in [6.45, 7) is 63.9. The lowest BCUT2D eigenvalue weighted by Crippen LogP contribution is -2.19. The average molecular weight is 1550 g/mol. The van der Waals surface area contributed by atoms with E-state index in [4.69, 9.17) is 0 Å². The van der Waals surface area contributed by atoms with E-state index in [9.17, 15) is 0 Å². The van der Waals surface area contributed by atoms with Crippen molar-refractivity contribution >= 4 is 77.7 Å². The molecule has 15 aromatic rings. The zero-order valence-electron chi connectivity index (χ0n) is 75.8. The minimum Gasteiger partial charge on any atom is -0.310 e. The van der Waals surface area contributed by atoms with Gasteiger partial charge in [-0.25, -0.2) is 0 Å². The molecule has 0 bridgehead atoms. The topological polar surface area (TPSA) is 16.3 Å². The predicted octanol–water partition coefficient (Wildman–Crippen LogP) is 33.2. The maximum absolute atomic E-state index is 2.65. The summed E-state index contributed by atoms with van der Waals surface area (Å²) in [5.74, 6) is 0. The van der Waals surface area contributed by atoms with E-state index in [-0.39, 0.29) is 48.7 Å². The van der Waals surface area contributed by atoms with Gasteiger partial charge < -0.3 is 18.9 Å². The number of aromatic nitrogens is 2. The Morgan fingerprint density at radius 2 is 0.415 bits per heavy atom. The minimum absolute atomic E-state index is 0.122. The van der Waals surface area contributed by atoms with E-state index in [0.717, 1.165) is 89.8 Å². The van der Waals surface area contributed by atoms with Gasteiger partial charge in [0, 0.05) is 66.8 Å². The molecule has 118 heavy (non-hydrogen) atoms. The first-order valence-corrected chi connectivity index (χ1v) is 43.0. The van der Waals surface area contributed by atoms with Crippen molar-refractivity contribution in [3.8, 4) is 55.9 Å². The summed E-state index contributed by atoms with van der Waals surface area (Å²) in [6.07, 6.45) is 0. The molecule has 0 unspecified atom stereocenters. The van der Waals surface area contributed by atoms with Crippen LogP contribution >= 0.6 is 0 Å². The Kier molecular flexibility index (Phi) is 20.6. The highest BCUT2D eigenvalue weighted by atomic mass is 15.2. The number of hydrogen-bond acceptors (Lipinski definition) is 2. The van der Waals surface area contributed by atoms with Crippen molar-refractivity contribution in [1.82, 2.24) is 9.13 Å². The van der Waals surface area contributed by atoms with Gasteiger partial charge >= 0.3 is 0 Å². The molecule has 4 nitrogen and oxygen atoms in total. The molecule has 0 amide bonds. The number of anilines is 6. The first-order chi connectivity index (χ1) is 55.1. The third-order valence-corrected chi connectivity index (χ3v) is 24.6. The first kappa shape index (κ1) is 82.2. The molecule has 2 heterocycles. The third kappa shape index (κ3) is 16.2. The fourth-order valence-corrected chi connectivity index (χ4v) is 17.0. The van der Waals surface area contributed by atoms with Crippen LogP contribution in [0.5, 0.6) is 0 Å². The van der Waals surface area contributed by atoms with E-state index in [1.165, 1.54) is 93.9 Å². The van der Waals surface area contributed by atoms with Crippen LogP contribution in [0.2, 0.25) is 0 Å². The SMILES string of the molecule is CC(C)(C)c1cc(N(c2cccc(-n3c4ccccc4c4ccccc43)c2)c2cc(-c3cc(C(C)(C)C)cc(C(C)(C)C)c3)ccc2-c2cc(C(C)(C)C)cc(C(C)(C)C)c2)cc(N(c2cccc(-n3c4ccccc4c4ccccc43)c2)c2cc(-c3cc(C(C)(C)C)cc(C(C)(C)C)c3)ccc2-c2cc(C(C)(C)C)cc(C(C)(C)C)c2)c1. The summed E-state index contributed by atoms with van der Waals surface area (Å²) in [7, 11) is 0. The van der Waals surface area contributed by atoms with Gasteiger partial charge in [-0.1, -0.05) is 369 Å². The second-order valence-electron chi connectivity index (χ2n) is 43.1. The second-order valence-corrected chi connectivity index (χ2v) is 43.1. The highest BCUT2D eigenvalue weighted by Gasteiger charge is 2.33. The van der Waals surface area contributed by atoms with Crippen LogP contribution in [0.1, 0.15) is 237 Å². The van der Waals surface area contributed by atoms with Gasteiger partial charge in [0.15, 0.2) is 0 Å². The van der Waals surface area contributed by atoms with Crippen molar-refractivity contribution in [2.75, 3.05) is 9.80 Å². The van der Waals surface area contributed by atoms with Crippen LogP contribution in [0, 0.1) is 0 Å². The van der Waals surface area contributed by atoms with Crippen LogP contribution in [0.4, 0.5) is 34.1 Å². The van der Waals surface area contributed by atoms with E-state index in [1.54, 1.807) is 0 Å². The molecule has 0 saturated carbocycles. The Bertz CT molecular complexity index is 5750. The fourth-order valence-electron chi connectivity index (χ4n) is 17.0. The molecule has 602 valence electrons. The highest BCUT2D eigenvalue weighted by Crippen LogP contribution is 2.53. The lowest BCUT2D eigenvalue weighted by atomic mass is 9.78. The average Bonchev–Trinajstić information content (AvgIpc) is 1.48. The smallest absolute Gasteiger partial charge is 0.0546 e. The highest BCUT2D eigenvalue weighted by molar-refractivity contribution is 6.11. The molecule has 0 saturated heterocycles. The van der Waals surface area contributed by atoms with Crippen molar-refractivity contribution < 1.29 is 0 Å². The number of benzene rings is 13. The number of hydrogen-bond donors (Lipinski definition) is 0. The van der Waals surface area contributed by atoms with Gasteiger partial charge in [0.1, 0.15) is 0 Å². The molecule has 0 spiro atoms. The van der Waals surface area contributed by atoms with Crippen LogP contribution in [0.3, 0.4) is 0 Å². The number of rotatable bonds is 12. The molecule has 0 N–H and O–H groups in total. The molecular weight excluding hydrogens is 1430 g/mol. The number of nitrogens with zero attached hydrogens (tertiary/aromatic N) is 4. The van der Waals surface area contributed by atoms with Gasteiger partial charge in [-0.05, 0) is 223 Å². The number of para-hydroxylation sites is 4. The standard InChI is InChI=1S/C114H126N4/c1-106(2,3)79-54-75(55-80(64-79)107(4,5)6)73-50-52-94(77-58-83(110(13,14)15)66-84(59-77)111(16,17)18)104(62-73)115(88-38-36-40-90(70-88)117-100-46-32-28-42-96(100)97-43-29-33-47-101(97)117)92-68-87(114(25,26)27)69-93(72-92)116(89-39-37-41-91(71-89)118-102-48-34-30-44-98(102)99-45-31-35-49-103(99)118)105-63-74(76-56-81(108(7,8)9)65-82(57-76)109(10,11)12)51-53-95(105)78-60-85(112(19,20)21)67-86(61-78)113(22,23)24/h28-72H,1-27H3. The summed E-state index contributed by atoms with van der Waals surface area (Å²) in [5.41, 5.74) is 32.5. The van der Waals surface area contributed by atoms with E-state index < -0.39 is 0 Å². The molecule has 13 aromatic carbocycles. The first-order valence-electron chi connectivity index (χ1n) is 43.0. The van der Waals surface area contributed by atoms with Crippen molar-refractivity contribution in [2.45, 2.75) is 236 Å². The Hall–Kier alpha value is -10.9. The molecule has 0 radical (unpaired) electrons. The lowest BCUT2D eigenvalue weighted by molar-refractivity contribution is 0.568. The molecule has 4 heteroatoms. The second kappa shape index (κ2) is 29.5. The summed E-state index contributed by atoms with van der Waals surface area (Å²) in [6, 6.07) is 107. The lowest BCUT2D eigenvalue weighted by Gasteiger charge is -2.35. The van der Waals surface area contributed by atoms with Crippen molar-refractivity contribution in [3.05, 3.63) is 323 Å². The largest absolute Gasteiger partial charge is 0.310 e. The molecule has 15 rings (SSSR count). The molecular formula is C114H126N4. The Balaban J connectivity index is 1.13. The number of fused-ring (bicyclic) bond motifs is 6. The zero-order valence-corrected chi connectivity index (χ0v) is 75.8. The summed E-state index contributed by atoms with van der Waals surface area (Å²) >= 11 is 0. The van der Waals surface area contributed by atoms with Gasteiger partial charge in [-0.3, -0.25) is 0 Å². The van der Waals surface area contributed by atoms with Crippen LogP contribution < -0.4 is 9.80 Å². The van der Waals surface area contributed by atoms with Crippen LogP contribution in [-0.4, -0.2) is 9.13 Å². The fraction of sp³-hybridized carbons (Fsp3) is 0.316. The Labute approximate surface area is 706 Å². The van der Waals surface area contributed by atoms with Crippen LogP contribution in [0.15, 0.2) is 273 Å². The van der Waals surface area contributed by atoms with Gasteiger partial charge in [0.2, 0.25) is 0 Å². The van der Waals surface area contributed by atoms with Gasteiger partial charge in [0.25, 0.3) is 0 Å². The minimum atomic E-state index is -0.383. The molecule has 0 fully saturated rings. The summed E-state index contributed by atoms with van der Waals surface area (Å²) in [4.78, 5) is 5.29. The molecule has 0 aliphatic heterocycles. The van der Waals surface area contributed by atoms with Crippen molar-refractivity contribution in [3.63, 3.8) is 0 Å². The summed E-state index contributed by atoms with van der Waals surface area (Å²) < 4.78 is 4.97. The third-order valence-electron chi connectivity index (χ3n) is 24.6. The van der Waals surface area contributed by atoms with Gasteiger partial charge in [0.05, 0.1) is 33.4 Å². The van der Waals surface area contributed by atoms with Gasteiger partial charge in [-0.15, -0.1) is 0 Å². The molecule has 0 aliphatic rings. The maximum Gasteiger partial charge on any atom is 0.0546 e. The monoisotopic (exact) mass is 1550 g/mol. The van der Waals surface area contributed by atoms with Crippen molar-refractivity contribution in [1.29, 1.82) is 0 Å². The van der Waals surface area contributed by atoms with E-state index in [1.807, 2.05) is 0 Å². The molecule has 2 aromatic heterocycles. The van der Waals surface area contributed by atoms with E-state index in [0.29, 0.717) is 0 Å². The molecule has 0 aliphatic carbocycles. The van der Waals surface area contributed by atoms with Crippen LogP contribution in [-0.2, 0) is 48.7 Å². The quantitative estimate of drug-likeness (QED) is 0.121. The van der Waals surface area contributed by atoms with Crippen LogP contribution in [0.25, 0.3) is 99.5 Å². The Morgan fingerprint density at radius 3 is 0.669 bits per heavy atom. The van der Waals surface area contributed by atoms with Gasteiger partial charge in [-0.2, -0.15) is 0 Å². The maximum atomic E-state index is 2.65. The predicted molar refractivity (Wildman–Crippen MR) is 515 cm³/mol. The summed E-state index contributed by atoms with van der Waals surface area (Å²) in [5, 5.41) is 4.89.